The van der Waals surface area contributed by atoms with Gasteiger partial charge in [-0.05, 0) is 18.2 Å². The van der Waals surface area contributed by atoms with Crippen LogP contribution in [0.2, 0.25) is 0 Å². The van der Waals surface area contributed by atoms with Crippen molar-refractivity contribution in [2.24, 2.45) is 15.1 Å². The van der Waals surface area contributed by atoms with E-state index in [1.807, 2.05) is 6.92 Å². The Bertz CT molecular complexity index is 452. The highest BCUT2D eigenvalue weighted by molar-refractivity contribution is 8.26. The summed E-state index contributed by atoms with van der Waals surface area (Å²) in [6, 6.07) is 0. The normalized spacial score (nSPS) is 22.0. The molecular weight excluding hydrogens is 228 g/mol. The zero-order valence-corrected chi connectivity index (χ0v) is 9.74. The maximum absolute atomic E-state index is 11.3. The Morgan fingerprint density at radius 1 is 1.62 bits per heavy atom. The molecule has 0 radical (unpaired) electrons. The number of carbonyl (C=O) groups is 2. The molecule has 0 fully saturated rings. The van der Waals surface area contributed by atoms with Gasteiger partial charge >= 0.3 is 0 Å². The monoisotopic (exact) mass is 238 g/mol. The van der Waals surface area contributed by atoms with E-state index < -0.39 is 0 Å². The molecule has 0 unspecified atom stereocenters. The van der Waals surface area contributed by atoms with Crippen LogP contribution in [0.25, 0.3) is 0 Å². The zero-order chi connectivity index (χ0) is 11.7. The molecule has 2 aliphatic rings. The van der Waals surface area contributed by atoms with Crippen LogP contribution in [0.15, 0.2) is 15.1 Å². The van der Waals surface area contributed by atoms with Crippen molar-refractivity contribution in [3.8, 4) is 0 Å². The number of hydrogen-bond acceptors (Lipinski definition) is 4. The number of hydrazone groups is 1. The number of thioether (sulfide) groups is 1. The zero-order valence-electron chi connectivity index (χ0n) is 8.93. The predicted octanol–water partition coefficient (Wildman–Crippen LogP) is 0.990. The molecule has 0 bridgehead atoms. The topological polar surface area (TPSA) is 74.5 Å². The number of aliphatic imine (C=N–C) groups is 2. The first kappa shape index (κ1) is 11.0. The lowest BCUT2D eigenvalue weighted by atomic mass is 10.3. The molecule has 6 nitrogen and oxygen atoms in total. The third kappa shape index (κ3) is 2.04. The van der Waals surface area contributed by atoms with Crippen LogP contribution in [0, 0.1) is 0 Å². The van der Waals surface area contributed by atoms with Crippen LogP contribution in [0.3, 0.4) is 0 Å². The van der Waals surface area contributed by atoms with Crippen molar-refractivity contribution >= 4 is 39.6 Å². The fraction of sp³-hybridized carbons (Fsp3) is 0.444. The van der Waals surface area contributed by atoms with Gasteiger partial charge in [0.2, 0.25) is 5.91 Å². The van der Waals surface area contributed by atoms with Gasteiger partial charge in [0.25, 0.3) is 5.91 Å². The van der Waals surface area contributed by atoms with E-state index in [4.69, 9.17) is 0 Å². The molecule has 0 aromatic rings. The van der Waals surface area contributed by atoms with Gasteiger partial charge in [-0.2, -0.15) is 20.1 Å². The van der Waals surface area contributed by atoms with Crippen molar-refractivity contribution in [1.29, 1.82) is 0 Å². The minimum atomic E-state index is -0.339. The predicted molar refractivity (Wildman–Crippen MR) is 62.3 cm³/mol. The van der Waals surface area contributed by atoms with E-state index in [2.05, 4.69) is 15.1 Å². The Balaban J connectivity index is 2.36. The highest BCUT2D eigenvalue weighted by Crippen LogP contribution is 2.26. The van der Waals surface area contributed by atoms with E-state index in [-0.39, 0.29) is 18.2 Å². The van der Waals surface area contributed by atoms with Crippen LogP contribution in [0.1, 0.15) is 26.7 Å². The van der Waals surface area contributed by atoms with Crippen molar-refractivity contribution < 1.29 is 9.59 Å². The summed E-state index contributed by atoms with van der Waals surface area (Å²) in [6.07, 6.45) is 0.797. The maximum atomic E-state index is 11.3. The molecule has 0 atom stereocenters. The summed E-state index contributed by atoms with van der Waals surface area (Å²) in [5, 5.41) is 7.08. The summed E-state index contributed by atoms with van der Waals surface area (Å²) >= 11 is 1.34. The number of amidine groups is 2. The molecule has 16 heavy (non-hydrogen) atoms. The van der Waals surface area contributed by atoms with Gasteiger partial charge < -0.3 is 0 Å². The second-order valence-corrected chi connectivity index (χ2v) is 4.31. The van der Waals surface area contributed by atoms with Gasteiger partial charge in [-0.15, -0.1) is 0 Å². The number of nitrogens with zero attached hydrogens (tertiary/aromatic N) is 4. The molecule has 2 heterocycles. The Labute approximate surface area is 96.5 Å². The Morgan fingerprint density at radius 3 is 3.00 bits per heavy atom. The molecule has 0 spiro atoms. The highest BCUT2D eigenvalue weighted by atomic mass is 32.2. The van der Waals surface area contributed by atoms with E-state index in [9.17, 15) is 9.59 Å². The van der Waals surface area contributed by atoms with Gasteiger partial charge in [-0.25, -0.2) is 0 Å². The number of rotatable bonds is 1. The maximum Gasteiger partial charge on any atom is 0.255 e. The molecule has 2 amide bonds. The smallest absolute Gasteiger partial charge is 0.255 e. The van der Waals surface area contributed by atoms with E-state index in [1.54, 1.807) is 0 Å². The van der Waals surface area contributed by atoms with Gasteiger partial charge in [-0.3, -0.25) is 9.59 Å². The summed E-state index contributed by atoms with van der Waals surface area (Å²) in [4.78, 5) is 29.9. The number of carbonyl (C=O) groups excluding carboxylic acids is 2. The lowest BCUT2D eigenvalue weighted by Crippen LogP contribution is -2.34. The summed E-state index contributed by atoms with van der Waals surface area (Å²) in [5.74, 6) is -0.265. The lowest BCUT2D eigenvalue weighted by molar-refractivity contribution is -0.116. The minimum Gasteiger partial charge on any atom is -0.273 e. The van der Waals surface area contributed by atoms with Crippen molar-refractivity contribution in [2.45, 2.75) is 26.7 Å². The Hall–Kier alpha value is -1.50. The Morgan fingerprint density at radius 2 is 2.38 bits per heavy atom. The van der Waals surface area contributed by atoms with Crippen LogP contribution in [0.4, 0.5) is 0 Å². The second kappa shape index (κ2) is 4.17. The third-order valence-electron chi connectivity index (χ3n) is 1.96. The summed E-state index contributed by atoms with van der Waals surface area (Å²) < 4.78 is 0. The first-order valence-electron chi connectivity index (χ1n) is 4.85. The quantitative estimate of drug-likeness (QED) is 0.682. The van der Waals surface area contributed by atoms with Crippen LogP contribution in [-0.4, -0.2) is 32.9 Å². The van der Waals surface area contributed by atoms with Crippen molar-refractivity contribution in [3.63, 3.8) is 0 Å². The molecule has 2 aliphatic heterocycles. The molecule has 0 saturated heterocycles. The molecule has 0 aliphatic carbocycles. The summed E-state index contributed by atoms with van der Waals surface area (Å²) in [7, 11) is 0. The molecular formula is C9H10N4O2S. The Kier molecular flexibility index (Phi) is 2.86. The molecule has 0 aromatic carbocycles. The van der Waals surface area contributed by atoms with Gasteiger partial charge in [0, 0.05) is 6.92 Å². The first-order chi connectivity index (χ1) is 7.60. The number of hydrogen-bond donors (Lipinski definition) is 0. The van der Waals surface area contributed by atoms with E-state index >= 15 is 0 Å². The average molecular weight is 238 g/mol. The van der Waals surface area contributed by atoms with Gasteiger partial charge in [-0.1, -0.05) is 6.92 Å². The van der Waals surface area contributed by atoms with Crippen LogP contribution >= 0.6 is 11.8 Å². The van der Waals surface area contributed by atoms with Crippen molar-refractivity contribution in [1.82, 2.24) is 5.01 Å². The molecule has 7 heteroatoms. The van der Waals surface area contributed by atoms with Crippen LogP contribution in [-0.2, 0) is 9.59 Å². The number of amides is 2. The van der Waals surface area contributed by atoms with Crippen molar-refractivity contribution in [2.75, 3.05) is 0 Å². The van der Waals surface area contributed by atoms with E-state index in [0.717, 1.165) is 11.5 Å². The van der Waals surface area contributed by atoms with Crippen LogP contribution in [0.5, 0.6) is 0 Å². The molecule has 84 valence electrons. The summed E-state index contributed by atoms with van der Waals surface area (Å²) in [6.45, 7) is 3.31. The molecule has 0 saturated carbocycles. The molecule has 0 aromatic heterocycles. The lowest BCUT2D eigenvalue weighted by Gasteiger charge is -2.18. The van der Waals surface area contributed by atoms with Crippen LogP contribution < -0.4 is 0 Å². The molecule has 0 N–H and O–H groups in total. The average Bonchev–Trinajstić information content (AvgIpc) is 2.59. The summed E-state index contributed by atoms with van der Waals surface area (Å²) in [5.41, 5.74) is 0. The second-order valence-electron chi connectivity index (χ2n) is 3.27. The van der Waals surface area contributed by atoms with E-state index in [0.29, 0.717) is 11.0 Å². The van der Waals surface area contributed by atoms with Crippen molar-refractivity contribution in [3.05, 3.63) is 0 Å². The third-order valence-corrected chi connectivity index (χ3v) is 3.02. The van der Waals surface area contributed by atoms with E-state index in [1.165, 1.54) is 23.7 Å². The standard InChI is InChI=1S/C9H10N4O2S/c1-3-8-12-13-6(10-5(2)14)4-7(15)11-9(13)16-8/h3-4H2,1-2H3. The SMILES string of the molecule is CCC1=NN2C(=NC(C)=O)CC(=O)N=C2S1. The van der Waals surface area contributed by atoms with Gasteiger partial charge in [0.15, 0.2) is 5.17 Å². The first-order valence-corrected chi connectivity index (χ1v) is 5.67. The molecule has 2 rings (SSSR count). The highest BCUT2D eigenvalue weighted by Gasteiger charge is 2.32. The fourth-order valence-electron chi connectivity index (χ4n) is 1.33. The fourth-order valence-corrected chi connectivity index (χ4v) is 2.19. The van der Waals surface area contributed by atoms with Gasteiger partial charge in [0.1, 0.15) is 10.9 Å². The van der Waals surface area contributed by atoms with Gasteiger partial charge in [0.05, 0.1) is 6.42 Å². The number of fused-ring (bicyclic) bond motifs is 1. The largest absolute Gasteiger partial charge is 0.273 e. The minimum absolute atomic E-state index is 0.0319.